The van der Waals surface area contributed by atoms with Gasteiger partial charge in [-0.3, -0.25) is 4.79 Å². The molecule has 3 aromatic carbocycles. The van der Waals surface area contributed by atoms with Gasteiger partial charge in [-0.2, -0.15) is 0 Å². The summed E-state index contributed by atoms with van der Waals surface area (Å²) in [6.07, 6.45) is 8.48. The summed E-state index contributed by atoms with van der Waals surface area (Å²) in [7, 11) is 0. The van der Waals surface area contributed by atoms with Gasteiger partial charge in [-0.05, 0) is 99.2 Å². The minimum Gasteiger partial charge on any atom is -0.491 e. The summed E-state index contributed by atoms with van der Waals surface area (Å²) >= 11 is 10.1. The Labute approximate surface area is 272 Å². The number of hydrogen-bond donors (Lipinski definition) is 3. The molecule has 1 aliphatic heterocycles. The SMILES string of the molecule is Cc1cc(OCCOC2CCCCO2)ccc1C(=O)c1ccc(Nc2ccc(Br)cc2NC(=O)NC2CCCCC2)cc1Cl. The molecule has 1 saturated carbocycles. The van der Waals surface area contributed by atoms with E-state index in [0.717, 1.165) is 61.6 Å². The van der Waals surface area contributed by atoms with Crippen molar-refractivity contribution in [1.29, 1.82) is 0 Å². The molecular weight excluding hydrogens is 646 g/mol. The summed E-state index contributed by atoms with van der Waals surface area (Å²) in [6, 6.07) is 16.2. The zero-order chi connectivity index (χ0) is 30.9. The Morgan fingerprint density at radius 1 is 0.909 bits per heavy atom. The fraction of sp³-hybridized carbons (Fsp3) is 0.412. The molecule has 1 saturated heterocycles. The zero-order valence-corrected chi connectivity index (χ0v) is 27.3. The number of amides is 2. The van der Waals surface area contributed by atoms with Crippen LogP contribution in [0, 0.1) is 6.92 Å². The van der Waals surface area contributed by atoms with E-state index in [1.807, 2.05) is 31.2 Å². The zero-order valence-electron chi connectivity index (χ0n) is 24.9. The van der Waals surface area contributed by atoms with Crippen LogP contribution in [0.5, 0.6) is 5.75 Å². The van der Waals surface area contributed by atoms with Gasteiger partial charge < -0.3 is 30.2 Å². The number of benzene rings is 3. The molecule has 2 amide bonds. The predicted octanol–water partition coefficient (Wildman–Crippen LogP) is 8.76. The Morgan fingerprint density at radius 2 is 1.70 bits per heavy atom. The number of urea groups is 1. The van der Waals surface area contributed by atoms with Crippen molar-refractivity contribution >= 4 is 56.4 Å². The average molecular weight is 685 g/mol. The van der Waals surface area contributed by atoms with E-state index in [1.54, 1.807) is 30.3 Å². The van der Waals surface area contributed by atoms with Crippen LogP contribution < -0.4 is 20.7 Å². The van der Waals surface area contributed by atoms with Crippen LogP contribution in [-0.4, -0.2) is 44.0 Å². The van der Waals surface area contributed by atoms with Gasteiger partial charge in [0.1, 0.15) is 12.4 Å². The summed E-state index contributed by atoms with van der Waals surface area (Å²) in [5.74, 6) is 0.498. The predicted molar refractivity (Wildman–Crippen MR) is 178 cm³/mol. The highest BCUT2D eigenvalue weighted by molar-refractivity contribution is 9.10. The molecule has 1 aliphatic carbocycles. The first-order chi connectivity index (χ1) is 21.4. The van der Waals surface area contributed by atoms with Crippen molar-refractivity contribution < 1.29 is 23.8 Å². The first-order valence-corrected chi connectivity index (χ1v) is 16.5. The highest BCUT2D eigenvalue weighted by atomic mass is 79.9. The molecule has 10 heteroatoms. The van der Waals surface area contributed by atoms with E-state index >= 15 is 0 Å². The van der Waals surface area contributed by atoms with Crippen molar-refractivity contribution in [3.05, 3.63) is 80.8 Å². The van der Waals surface area contributed by atoms with Gasteiger partial charge in [-0.15, -0.1) is 0 Å². The molecule has 2 fully saturated rings. The van der Waals surface area contributed by atoms with Crippen LogP contribution >= 0.6 is 27.5 Å². The van der Waals surface area contributed by atoms with Crippen LogP contribution in [0.4, 0.5) is 21.9 Å². The minimum absolute atomic E-state index is 0.147. The Morgan fingerprint density at radius 3 is 2.45 bits per heavy atom. The molecular formula is C34H39BrClN3O5. The number of ketones is 1. The average Bonchev–Trinajstić information content (AvgIpc) is 3.01. The number of ether oxygens (including phenoxy) is 3. The molecule has 44 heavy (non-hydrogen) atoms. The quantitative estimate of drug-likeness (QED) is 0.138. The lowest BCUT2D eigenvalue weighted by atomic mass is 9.96. The van der Waals surface area contributed by atoms with Crippen molar-refractivity contribution in [2.24, 2.45) is 0 Å². The number of carbonyl (C=O) groups excluding carboxylic acids is 2. The van der Waals surface area contributed by atoms with Crippen LogP contribution in [0.3, 0.4) is 0 Å². The molecule has 1 unspecified atom stereocenters. The number of aryl methyl sites for hydroxylation is 1. The number of hydrogen-bond acceptors (Lipinski definition) is 6. The summed E-state index contributed by atoms with van der Waals surface area (Å²) < 4.78 is 18.0. The first-order valence-electron chi connectivity index (χ1n) is 15.3. The van der Waals surface area contributed by atoms with E-state index in [0.29, 0.717) is 52.2 Å². The van der Waals surface area contributed by atoms with E-state index in [-0.39, 0.29) is 24.1 Å². The molecule has 3 N–H and O–H groups in total. The van der Waals surface area contributed by atoms with Crippen molar-refractivity contribution in [3.8, 4) is 5.75 Å². The maximum absolute atomic E-state index is 13.4. The number of halogens is 2. The van der Waals surface area contributed by atoms with E-state index in [2.05, 4.69) is 31.9 Å². The van der Waals surface area contributed by atoms with Crippen molar-refractivity contribution in [3.63, 3.8) is 0 Å². The number of nitrogens with one attached hydrogen (secondary N) is 3. The van der Waals surface area contributed by atoms with Gasteiger partial charge in [-0.1, -0.05) is 46.8 Å². The van der Waals surface area contributed by atoms with E-state index in [9.17, 15) is 9.59 Å². The van der Waals surface area contributed by atoms with E-state index in [1.165, 1.54) is 6.42 Å². The number of carbonyl (C=O) groups is 2. The Hall–Kier alpha value is -3.11. The lowest BCUT2D eigenvalue weighted by molar-refractivity contribution is -0.165. The maximum Gasteiger partial charge on any atom is 0.319 e. The second-order valence-electron chi connectivity index (χ2n) is 11.3. The van der Waals surface area contributed by atoms with Crippen LogP contribution in [0.1, 0.15) is 72.9 Å². The van der Waals surface area contributed by atoms with Crippen molar-refractivity contribution in [2.45, 2.75) is 70.6 Å². The molecule has 5 rings (SSSR count). The monoisotopic (exact) mass is 683 g/mol. The van der Waals surface area contributed by atoms with Gasteiger partial charge >= 0.3 is 6.03 Å². The van der Waals surface area contributed by atoms with Gasteiger partial charge in [0.15, 0.2) is 12.1 Å². The lowest BCUT2D eigenvalue weighted by Gasteiger charge is -2.23. The topological polar surface area (TPSA) is 97.9 Å². The number of rotatable bonds is 11. The van der Waals surface area contributed by atoms with Gasteiger partial charge in [0.25, 0.3) is 0 Å². The third-order valence-electron chi connectivity index (χ3n) is 7.90. The molecule has 1 heterocycles. The van der Waals surface area contributed by atoms with Gasteiger partial charge in [0.05, 0.1) is 23.0 Å². The summed E-state index contributed by atoms with van der Waals surface area (Å²) in [4.78, 5) is 26.2. The third kappa shape index (κ3) is 8.97. The smallest absolute Gasteiger partial charge is 0.319 e. The molecule has 2 aliphatic rings. The maximum atomic E-state index is 13.4. The van der Waals surface area contributed by atoms with Crippen LogP contribution in [0.25, 0.3) is 0 Å². The molecule has 0 radical (unpaired) electrons. The summed E-state index contributed by atoms with van der Waals surface area (Å²) in [5.41, 5.74) is 3.75. The molecule has 234 valence electrons. The second kappa shape index (κ2) is 15.8. The Kier molecular flexibility index (Phi) is 11.6. The summed E-state index contributed by atoms with van der Waals surface area (Å²) in [6.45, 7) is 3.45. The largest absolute Gasteiger partial charge is 0.491 e. The molecule has 1 atom stereocenters. The fourth-order valence-electron chi connectivity index (χ4n) is 5.56. The molecule has 8 nitrogen and oxygen atoms in total. The normalized spacial score (nSPS) is 17.1. The third-order valence-corrected chi connectivity index (χ3v) is 8.71. The van der Waals surface area contributed by atoms with Gasteiger partial charge in [0.2, 0.25) is 0 Å². The van der Waals surface area contributed by atoms with Crippen molar-refractivity contribution in [1.82, 2.24) is 5.32 Å². The molecule has 0 aromatic heterocycles. The molecule has 3 aromatic rings. The van der Waals surface area contributed by atoms with Crippen LogP contribution in [0.15, 0.2) is 59.1 Å². The molecule has 0 bridgehead atoms. The lowest BCUT2D eigenvalue weighted by Crippen LogP contribution is -2.39. The van der Waals surface area contributed by atoms with E-state index in [4.69, 9.17) is 25.8 Å². The van der Waals surface area contributed by atoms with Gasteiger partial charge in [0, 0.05) is 33.9 Å². The fourth-order valence-corrected chi connectivity index (χ4v) is 6.19. The van der Waals surface area contributed by atoms with E-state index < -0.39 is 0 Å². The Bertz CT molecular complexity index is 1460. The second-order valence-corrected chi connectivity index (χ2v) is 12.6. The Balaban J connectivity index is 1.19. The minimum atomic E-state index is -0.230. The van der Waals surface area contributed by atoms with Gasteiger partial charge in [-0.25, -0.2) is 4.79 Å². The first kappa shape index (κ1) is 32.3. The van der Waals surface area contributed by atoms with Crippen molar-refractivity contribution in [2.75, 3.05) is 30.5 Å². The standard InChI is InChI=1S/C34H39BrClN3O5/c1-22-19-26(42-17-18-44-32-9-5-6-16-43-32)12-14-27(22)33(40)28-13-11-25(21-29(28)36)37-30-15-10-23(35)20-31(30)39-34(41)38-24-7-3-2-4-8-24/h10-15,19-21,24,32,37H,2-9,16-18H2,1H3,(H2,38,39,41). The summed E-state index contributed by atoms with van der Waals surface area (Å²) in [5, 5.41) is 9.71. The molecule has 0 spiro atoms. The number of anilines is 3. The van der Waals surface area contributed by atoms with Crippen LogP contribution in [-0.2, 0) is 9.47 Å². The highest BCUT2D eigenvalue weighted by Crippen LogP contribution is 2.32. The van der Waals surface area contributed by atoms with Crippen LogP contribution in [0.2, 0.25) is 5.02 Å². The highest BCUT2D eigenvalue weighted by Gasteiger charge is 2.19.